The standard InChI is InChI=1S/C35H55N3O9S/c1-5-7-16-35(6-2)22-48(46,47)29-15-14-25(38(3)4)19-26(29)31(34(35)45)23-11-10-12-24(18-23)37-30(42)13-8-9-17-36-20-27(40)32(43)33(44)28(41)21-39/h10-12,14-15,18-19,27-28,31-34,36,39-41,43-45H,5-9,13,16-17,20-22H2,1-4H3,(H,37,42)/t27-,28+,31?,32+,33+,34+,35+/m0/s1. The zero-order valence-corrected chi connectivity index (χ0v) is 29.4. The number of nitrogens with zero attached hydrogens (tertiary/aromatic N) is 1. The van der Waals surface area contributed by atoms with Crippen LogP contribution in [-0.4, -0.2) is 115 Å². The number of nitrogens with one attached hydrogen (secondary N) is 2. The lowest BCUT2D eigenvalue weighted by molar-refractivity contribution is -0.116. The first kappa shape index (κ1) is 39.8. The van der Waals surface area contributed by atoms with E-state index in [1.165, 1.54) is 0 Å². The predicted molar refractivity (Wildman–Crippen MR) is 186 cm³/mol. The van der Waals surface area contributed by atoms with Gasteiger partial charge in [-0.3, -0.25) is 4.79 Å². The molecule has 7 atom stereocenters. The SMILES string of the molecule is CCCC[C@]1(CC)CS(=O)(=O)c2ccc(N(C)C)cc2C(c2cccc(NC(=O)CCCCNC[C@H](O)[C@@H](O)[C@H](O)[C@H](O)CO)c2)[C@H]1O. The zero-order valence-electron chi connectivity index (χ0n) is 28.5. The maximum Gasteiger partial charge on any atom is 0.224 e. The Labute approximate surface area is 284 Å². The second kappa shape index (κ2) is 17.9. The Bertz CT molecular complexity index is 1440. The van der Waals surface area contributed by atoms with Crippen LogP contribution in [0.4, 0.5) is 11.4 Å². The average molecular weight is 694 g/mol. The van der Waals surface area contributed by atoms with Crippen LogP contribution in [0.1, 0.15) is 75.8 Å². The van der Waals surface area contributed by atoms with E-state index in [4.69, 9.17) is 5.11 Å². The van der Waals surface area contributed by atoms with Crippen molar-refractivity contribution in [1.82, 2.24) is 5.32 Å². The molecule has 12 nitrogen and oxygen atoms in total. The molecule has 1 unspecified atom stereocenters. The molecule has 0 radical (unpaired) electrons. The number of benzene rings is 2. The van der Waals surface area contributed by atoms with Gasteiger partial charge in [0.25, 0.3) is 0 Å². The number of hydrogen-bond donors (Lipinski definition) is 8. The molecule has 0 saturated heterocycles. The van der Waals surface area contributed by atoms with E-state index in [0.717, 1.165) is 18.5 Å². The Morgan fingerprint density at radius 2 is 1.71 bits per heavy atom. The summed E-state index contributed by atoms with van der Waals surface area (Å²) in [5.74, 6) is -0.991. The van der Waals surface area contributed by atoms with Crippen molar-refractivity contribution in [1.29, 1.82) is 0 Å². The number of fused-ring (bicyclic) bond motifs is 1. The van der Waals surface area contributed by atoms with Gasteiger partial charge in [-0.05, 0) is 73.7 Å². The molecule has 0 spiro atoms. The molecular weight excluding hydrogens is 638 g/mol. The maximum atomic E-state index is 13.9. The van der Waals surface area contributed by atoms with E-state index in [0.29, 0.717) is 49.0 Å². The molecule has 1 amide bonds. The summed E-state index contributed by atoms with van der Waals surface area (Å²) in [4.78, 5) is 15.0. The Morgan fingerprint density at radius 1 is 1.00 bits per heavy atom. The van der Waals surface area contributed by atoms with Gasteiger partial charge in [-0.25, -0.2) is 8.42 Å². The normalized spacial score (nSPS) is 23.0. The van der Waals surface area contributed by atoms with Crippen molar-refractivity contribution in [3.8, 4) is 0 Å². The molecule has 0 aliphatic carbocycles. The smallest absolute Gasteiger partial charge is 0.224 e. The highest BCUT2D eigenvalue weighted by Gasteiger charge is 2.49. The summed E-state index contributed by atoms with van der Waals surface area (Å²) < 4.78 is 27.8. The summed E-state index contributed by atoms with van der Waals surface area (Å²) in [7, 11) is 0.0475. The minimum atomic E-state index is -3.72. The molecule has 1 aliphatic rings. The third kappa shape index (κ3) is 9.75. The number of hydrogen-bond acceptors (Lipinski definition) is 11. The third-order valence-electron chi connectivity index (χ3n) is 9.55. The predicted octanol–water partition coefficient (Wildman–Crippen LogP) is 1.75. The number of anilines is 2. The summed E-state index contributed by atoms with van der Waals surface area (Å²) in [6.07, 6.45) is -3.17. The number of amides is 1. The lowest BCUT2D eigenvalue weighted by Gasteiger charge is -2.39. The van der Waals surface area contributed by atoms with Crippen molar-refractivity contribution in [2.24, 2.45) is 5.41 Å². The van der Waals surface area contributed by atoms with Crippen molar-refractivity contribution in [2.75, 3.05) is 49.8 Å². The summed E-state index contributed by atoms with van der Waals surface area (Å²) in [5, 5.41) is 66.0. The first-order valence-electron chi connectivity index (χ1n) is 16.9. The van der Waals surface area contributed by atoms with Crippen molar-refractivity contribution in [2.45, 2.75) is 100 Å². The number of carbonyl (C=O) groups is 1. The van der Waals surface area contributed by atoms with Gasteiger partial charge in [-0.15, -0.1) is 0 Å². The van der Waals surface area contributed by atoms with Crippen molar-refractivity contribution in [3.05, 3.63) is 53.6 Å². The van der Waals surface area contributed by atoms with Gasteiger partial charge in [-0.2, -0.15) is 0 Å². The molecule has 1 aliphatic heterocycles. The molecule has 1 heterocycles. The number of unbranched alkanes of at least 4 members (excludes halogenated alkanes) is 2. The highest BCUT2D eigenvalue weighted by molar-refractivity contribution is 7.91. The fraction of sp³-hybridized carbons (Fsp3) is 0.629. The fourth-order valence-electron chi connectivity index (χ4n) is 6.51. The first-order valence-corrected chi connectivity index (χ1v) is 18.5. The lowest BCUT2D eigenvalue weighted by Crippen LogP contribution is -2.49. The third-order valence-corrected chi connectivity index (χ3v) is 11.5. The topological polar surface area (TPSA) is 200 Å². The second-order valence-corrected chi connectivity index (χ2v) is 15.2. The minimum Gasteiger partial charge on any atom is -0.394 e. The summed E-state index contributed by atoms with van der Waals surface area (Å²) in [5.41, 5.74) is 1.77. The molecule has 3 rings (SSSR count). The van der Waals surface area contributed by atoms with Gasteiger partial charge in [0.05, 0.1) is 29.5 Å². The lowest BCUT2D eigenvalue weighted by atomic mass is 9.69. The van der Waals surface area contributed by atoms with E-state index in [1.807, 2.05) is 44.1 Å². The van der Waals surface area contributed by atoms with Crippen LogP contribution in [0, 0.1) is 5.41 Å². The van der Waals surface area contributed by atoms with E-state index < -0.39 is 58.3 Å². The van der Waals surface area contributed by atoms with E-state index in [2.05, 4.69) is 17.6 Å². The Balaban J connectivity index is 1.74. The number of aliphatic hydroxyl groups excluding tert-OH is 6. The van der Waals surface area contributed by atoms with Gasteiger partial charge < -0.3 is 46.2 Å². The summed E-state index contributed by atoms with van der Waals surface area (Å²) in [6, 6.07) is 12.5. The van der Waals surface area contributed by atoms with Crippen molar-refractivity contribution in [3.63, 3.8) is 0 Å². The van der Waals surface area contributed by atoms with Crippen LogP contribution in [0.2, 0.25) is 0 Å². The van der Waals surface area contributed by atoms with Crippen LogP contribution >= 0.6 is 0 Å². The highest BCUT2D eigenvalue weighted by Crippen LogP contribution is 2.49. The number of sulfone groups is 1. The molecule has 0 bridgehead atoms. The van der Waals surface area contributed by atoms with E-state index in [1.54, 1.807) is 24.3 Å². The first-order chi connectivity index (χ1) is 22.7. The monoisotopic (exact) mass is 693 g/mol. The molecular formula is C35H55N3O9S. The summed E-state index contributed by atoms with van der Waals surface area (Å²) in [6.45, 7) is 3.62. The Kier molecular flexibility index (Phi) is 14.8. The van der Waals surface area contributed by atoms with E-state index in [-0.39, 0.29) is 29.5 Å². The van der Waals surface area contributed by atoms with E-state index in [9.17, 15) is 38.7 Å². The molecule has 48 heavy (non-hydrogen) atoms. The molecule has 2 aromatic carbocycles. The second-order valence-electron chi connectivity index (χ2n) is 13.3. The zero-order chi connectivity index (χ0) is 35.6. The number of rotatable bonds is 18. The Hall–Kier alpha value is -2.62. The van der Waals surface area contributed by atoms with Crippen LogP contribution < -0.4 is 15.5 Å². The minimum absolute atomic E-state index is 0.0550. The van der Waals surface area contributed by atoms with Crippen molar-refractivity contribution < 1.29 is 43.9 Å². The van der Waals surface area contributed by atoms with Gasteiger partial charge in [0.1, 0.15) is 18.3 Å². The molecule has 13 heteroatoms. The van der Waals surface area contributed by atoms with Crippen LogP contribution in [0.25, 0.3) is 0 Å². The van der Waals surface area contributed by atoms with Crippen molar-refractivity contribution >= 4 is 27.1 Å². The van der Waals surface area contributed by atoms with E-state index >= 15 is 0 Å². The average Bonchev–Trinajstić information content (AvgIpc) is 3.13. The Morgan fingerprint density at radius 3 is 2.35 bits per heavy atom. The molecule has 0 fully saturated rings. The molecule has 0 saturated carbocycles. The van der Waals surface area contributed by atoms with Crippen LogP contribution in [0.5, 0.6) is 0 Å². The van der Waals surface area contributed by atoms with Gasteiger partial charge >= 0.3 is 0 Å². The summed E-state index contributed by atoms with van der Waals surface area (Å²) >= 11 is 0. The van der Waals surface area contributed by atoms with Gasteiger partial charge in [0.15, 0.2) is 9.84 Å². The van der Waals surface area contributed by atoms with Crippen LogP contribution in [0.3, 0.4) is 0 Å². The molecule has 270 valence electrons. The van der Waals surface area contributed by atoms with Crippen LogP contribution in [-0.2, 0) is 14.6 Å². The number of carbonyl (C=O) groups excluding carboxylic acids is 1. The fourth-order valence-corrected chi connectivity index (χ4v) is 8.76. The largest absolute Gasteiger partial charge is 0.394 e. The highest BCUT2D eigenvalue weighted by atomic mass is 32.2. The van der Waals surface area contributed by atoms with Gasteiger partial charge in [-0.1, -0.05) is 38.8 Å². The number of aliphatic hydroxyl groups is 6. The molecule has 0 aromatic heterocycles. The van der Waals surface area contributed by atoms with Gasteiger partial charge in [0.2, 0.25) is 5.91 Å². The molecule has 8 N–H and O–H groups in total. The maximum absolute atomic E-state index is 13.9. The van der Waals surface area contributed by atoms with Crippen LogP contribution in [0.15, 0.2) is 47.4 Å². The van der Waals surface area contributed by atoms with Gasteiger partial charge in [0, 0.05) is 49.8 Å². The quantitative estimate of drug-likeness (QED) is 0.106. The molecule has 2 aromatic rings.